The van der Waals surface area contributed by atoms with Crippen LogP contribution in [0.4, 0.5) is 0 Å². The smallest absolute Gasteiger partial charge is 0.320 e. The number of rotatable bonds is 6. The summed E-state index contributed by atoms with van der Waals surface area (Å²) >= 11 is 11.9. The lowest BCUT2D eigenvalue weighted by atomic mass is 10.1. The molecule has 132 valence electrons. The predicted octanol–water partition coefficient (Wildman–Crippen LogP) is 4.62. The van der Waals surface area contributed by atoms with E-state index in [1.807, 2.05) is 35.2 Å². The average Bonchev–Trinajstić information content (AvgIpc) is 3.06. The molecule has 0 spiro atoms. The van der Waals surface area contributed by atoms with Gasteiger partial charge in [-0.3, -0.25) is 9.69 Å². The van der Waals surface area contributed by atoms with Crippen LogP contribution in [0.1, 0.15) is 24.0 Å². The molecular formula is C19H19Cl2NO3. The maximum atomic E-state index is 11.2. The van der Waals surface area contributed by atoms with Crippen molar-refractivity contribution in [1.29, 1.82) is 0 Å². The van der Waals surface area contributed by atoms with Gasteiger partial charge in [-0.2, -0.15) is 0 Å². The van der Waals surface area contributed by atoms with Gasteiger partial charge in [0.2, 0.25) is 0 Å². The minimum atomic E-state index is -0.737. The Morgan fingerprint density at radius 1 is 1.12 bits per heavy atom. The van der Waals surface area contributed by atoms with E-state index in [4.69, 9.17) is 27.9 Å². The van der Waals surface area contributed by atoms with Gasteiger partial charge in [0.1, 0.15) is 18.4 Å². The van der Waals surface area contributed by atoms with E-state index >= 15 is 0 Å². The second-order valence-electron chi connectivity index (χ2n) is 6.15. The van der Waals surface area contributed by atoms with Crippen molar-refractivity contribution in [3.8, 4) is 5.75 Å². The highest BCUT2D eigenvalue weighted by molar-refractivity contribution is 6.42. The third-order valence-corrected chi connectivity index (χ3v) is 5.09. The fraction of sp³-hybridized carbons (Fsp3) is 0.316. The lowest BCUT2D eigenvalue weighted by Crippen LogP contribution is -2.35. The minimum absolute atomic E-state index is 0.370. The van der Waals surface area contributed by atoms with Crippen LogP contribution in [0, 0.1) is 0 Å². The van der Waals surface area contributed by atoms with Crippen molar-refractivity contribution in [1.82, 2.24) is 4.90 Å². The molecule has 1 atom stereocenters. The van der Waals surface area contributed by atoms with E-state index < -0.39 is 5.97 Å². The van der Waals surface area contributed by atoms with E-state index in [0.29, 0.717) is 23.2 Å². The van der Waals surface area contributed by atoms with Crippen molar-refractivity contribution in [2.24, 2.45) is 0 Å². The standard InChI is InChI=1S/C19H19Cl2NO3/c20-16-8-5-14(10-17(16)21)12-25-15-6-3-13(4-7-15)11-22-9-1-2-18(22)19(23)24/h3-8,10,18H,1-2,9,11-12H2,(H,23,24)/t18-/m0/s1. The molecule has 0 saturated carbocycles. The van der Waals surface area contributed by atoms with Crippen molar-refractivity contribution in [3.05, 3.63) is 63.6 Å². The van der Waals surface area contributed by atoms with Crippen LogP contribution < -0.4 is 4.74 Å². The summed E-state index contributed by atoms with van der Waals surface area (Å²) < 4.78 is 5.76. The van der Waals surface area contributed by atoms with Gasteiger partial charge < -0.3 is 9.84 Å². The molecule has 3 rings (SSSR count). The molecule has 2 aromatic rings. The molecule has 0 aliphatic carbocycles. The quantitative estimate of drug-likeness (QED) is 0.795. The molecule has 0 unspecified atom stereocenters. The molecule has 4 nitrogen and oxygen atoms in total. The van der Waals surface area contributed by atoms with Crippen LogP contribution in [0.25, 0.3) is 0 Å². The van der Waals surface area contributed by atoms with Crippen LogP contribution in [-0.4, -0.2) is 28.6 Å². The Bertz CT molecular complexity index is 749. The van der Waals surface area contributed by atoms with Crippen LogP contribution in [0.3, 0.4) is 0 Å². The number of ether oxygens (including phenoxy) is 1. The molecule has 1 heterocycles. The normalized spacial score (nSPS) is 17.6. The maximum Gasteiger partial charge on any atom is 0.320 e. The molecule has 1 saturated heterocycles. The first-order valence-electron chi connectivity index (χ1n) is 8.15. The Hall–Kier alpha value is -1.75. The fourth-order valence-electron chi connectivity index (χ4n) is 3.02. The van der Waals surface area contributed by atoms with Gasteiger partial charge in [-0.1, -0.05) is 41.4 Å². The predicted molar refractivity (Wildman–Crippen MR) is 98.3 cm³/mol. The SMILES string of the molecule is O=C(O)[C@@H]1CCCN1Cc1ccc(OCc2ccc(Cl)c(Cl)c2)cc1. The van der Waals surface area contributed by atoms with Crippen LogP contribution in [0.15, 0.2) is 42.5 Å². The summed E-state index contributed by atoms with van der Waals surface area (Å²) in [5.41, 5.74) is 2.02. The summed E-state index contributed by atoms with van der Waals surface area (Å²) in [7, 11) is 0. The highest BCUT2D eigenvalue weighted by Crippen LogP contribution is 2.24. The van der Waals surface area contributed by atoms with Gasteiger partial charge in [0.25, 0.3) is 0 Å². The van der Waals surface area contributed by atoms with Crippen LogP contribution >= 0.6 is 23.2 Å². The van der Waals surface area contributed by atoms with Gasteiger partial charge in [0, 0.05) is 6.54 Å². The Morgan fingerprint density at radius 3 is 2.52 bits per heavy atom. The molecule has 6 heteroatoms. The third-order valence-electron chi connectivity index (χ3n) is 4.35. The lowest BCUT2D eigenvalue weighted by molar-refractivity contribution is -0.142. The van der Waals surface area contributed by atoms with Gasteiger partial charge in [0.15, 0.2) is 0 Å². The number of halogens is 2. The third kappa shape index (κ3) is 4.66. The first-order valence-corrected chi connectivity index (χ1v) is 8.91. The number of hydrogen-bond donors (Lipinski definition) is 1. The Labute approximate surface area is 156 Å². The molecular weight excluding hydrogens is 361 g/mol. The van der Waals surface area contributed by atoms with Crippen LogP contribution in [0.5, 0.6) is 5.75 Å². The Morgan fingerprint density at radius 2 is 1.84 bits per heavy atom. The number of carboxylic acids is 1. The summed E-state index contributed by atoms with van der Waals surface area (Å²) in [5.74, 6) is 0.0186. The van der Waals surface area contributed by atoms with Gasteiger partial charge in [-0.25, -0.2) is 0 Å². The second kappa shape index (κ2) is 8.09. The maximum absolute atomic E-state index is 11.2. The molecule has 0 amide bonds. The molecule has 1 aliphatic heterocycles. The van der Waals surface area contributed by atoms with E-state index in [2.05, 4.69) is 0 Å². The van der Waals surface area contributed by atoms with Gasteiger partial charge in [-0.15, -0.1) is 0 Å². The lowest BCUT2D eigenvalue weighted by Gasteiger charge is -2.21. The topological polar surface area (TPSA) is 49.8 Å². The molecule has 0 bridgehead atoms. The van der Waals surface area contributed by atoms with Crippen molar-refractivity contribution < 1.29 is 14.6 Å². The van der Waals surface area contributed by atoms with E-state index in [9.17, 15) is 9.90 Å². The number of benzene rings is 2. The molecule has 1 N–H and O–H groups in total. The van der Waals surface area contributed by atoms with Crippen LogP contribution in [0.2, 0.25) is 10.0 Å². The Balaban J connectivity index is 1.56. The van der Waals surface area contributed by atoms with Gasteiger partial charge >= 0.3 is 5.97 Å². The fourth-order valence-corrected chi connectivity index (χ4v) is 3.34. The molecule has 0 radical (unpaired) electrons. The summed E-state index contributed by atoms with van der Waals surface area (Å²) in [5, 5.41) is 10.3. The van der Waals surface area contributed by atoms with Crippen molar-refractivity contribution >= 4 is 29.2 Å². The summed E-state index contributed by atoms with van der Waals surface area (Å²) in [6.07, 6.45) is 1.65. The molecule has 1 fully saturated rings. The van der Waals surface area contributed by atoms with E-state index in [1.165, 1.54) is 0 Å². The highest BCUT2D eigenvalue weighted by atomic mass is 35.5. The largest absolute Gasteiger partial charge is 0.489 e. The van der Waals surface area contributed by atoms with E-state index in [-0.39, 0.29) is 6.04 Å². The number of carbonyl (C=O) groups is 1. The number of carboxylic acid groups (broad SMARTS) is 1. The summed E-state index contributed by atoms with van der Waals surface area (Å²) in [4.78, 5) is 13.2. The van der Waals surface area contributed by atoms with Crippen molar-refractivity contribution in [3.63, 3.8) is 0 Å². The minimum Gasteiger partial charge on any atom is -0.489 e. The summed E-state index contributed by atoms with van der Waals surface area (Å²) in [6.45, 7) is 1.88. The first kappa shape index (κ1) is 18.1. The zero-order chi connectivity index (χ0) is 17.8. The van der Waals surface area contributed by atoms with Crippen molar-refractivity contribution in [2.45, 2.75) is 32.0 Å². The molecule has 2 aromatic carbocycles. The zero-order valence-corrected chi connectivity index (χ0v) is 15.1. The van der Waals surface area contributed by atoms with Gasteiger partial charge in [0.05, 0.1) is 10.0 Å². The molecule has 25 heavy (non-hydrogen) atoms. The van der Waals surface area contributed by atoms with E-state index in [0.717, 1.165) is 36.3 Å². The zero-order valence-electron chi connectivity index (χ0n) is 13.6. The first-order chi connectivity index (χ1) is 12.0. The molecule has 1 aliphatic rings. The second-order valence-corrected chi connectivity index (χ2v) is 6.96. The average molecular weight is 380 g/mol. The Kier molecular flexibility index (Phi) is 5.84. The van der Waals surface area contributed by atoms with Crippen LogP contribution in [-0.2, 0) is 17.9 Å². The number of aliphatic carboxylic acids is 1. The van der Waals surface area contributed by atoms with Crippen molar-refractivity contribution in [2.75, 3.05) is 6.54 Å². The van der Waals surface area contributed by atoms with E-state index in [1.54, 1.807) is 12.1 Å². The summed E-state index contributed by atoms with van der Waals surface area (Å²) in [6, 6.07) is 12.8. The van der Waals surface area contributed by atoms with Gasteiger partial charge in [-0.05, 0) is 54.8 Å². The number of hydrogen-bond acceptors (Lipinski definition) is 3. The highest BCUT2D eigenvalue weighted by Gasteiger charge is 2.30. The number of nitrogens with zero attached hydrogens (tertiary/aromatic N) is 1. The number of likely N-dealkylation sites (tertiary alicyclic amines) is 1. The monoisotopic (exact) mass is 379 g/mol. The molecule has 0 aromatic heterocycles.